The van der Waals surface area contributed by atoms with E-state index in [1.54, 1.807) is 18.2 Å². The van der Waals surface area contributed by atoms with Crippen LogP contribution < -0.4 is 15.5 Å². The second kappa shape index (κ2) is 9.32. The van der Waals surface area contributed by atoms with Crippen LogP contribution in [0.25, 0.3) is 0 Å². The summed E-state index contributed by atoms with van der Waals surface area (Å²) < 4.78 is 0. The van der Waals surface area contributed by atoms with Gasteiger partial charge < -0.3 is 15.5 Å². The van der Waals surface area contributed by atoms with E-state index in [1.807, 2.05) is 4.90 Å². The molecule has 2 N–H and O–H groups in total. The first-order chi connectivity index (χ1) is 13.6. The zero-order valence-electron chi connectivity index (χ0n) is 15.2. The van der Waals surface area contributed by atoms with Gasteiger partial charge in [0.1, 0.15) is 5.69 Å². The van der Waals surface area contributed by atoms with Gasteiger partial charge in [0.25, 0.3) is 11.6 Å². The first-order valence-corrected chi connectivity index (χ1v) is 9.47. The Balaban J connectivity index is 1.57. The third-order valence-electron chi connectivity index (χ3n) is 4.41. The molecule has 9 nitrogen and oxygen atoms in total. The summed E-state index contributed by atoms with van der Waals surface area (Å²) in [7, 11) is 0. The van der Waals surface area contributed by atoms with Crippen molar-refractivity contribution in [1.82, 2.24) is 15.3 Å². The Morgan fingerprint density at radius 1 is 1.21 bits per heavy atom. The summed E-state index contributed by atoms with van der Waals surface area (Å²) in [6.07, 6.45) is 4.78. The Kier molecular flexibility index (Phi) is 6.59. The van der Waals surface area contributed by atoms with Crippen molar-refractivity contribution in [2.24, 2.45) is 0 Å². The van der Waals surface area contributed by atoms with Crippen LogP contribution in [-0.2, 0) is 0 Å². The number of benzene rings is 1. The molecule has 1 aromatic heterocycles. The van der Waals surface area contributed by atoms with E-state index in [-0.39, 0.29) is 22.9 Å². The standard InChI is InChI=1S/C18H21ClN6O3/c19-13-12-22-18(24-10-4-1-5-11-24)23-16(13)17(26)21-9-8-20-14-6-2-3-7-15(14)25(27)28/h2-3,6-7,12,20H,1,4-5,8-11H2,(H,21,26). The number of aromatic nitrogens is 2. The molecule has 148 valence electrons. The number of nitro groups is 1. The third-order valence-corrected chi connectivity index (χ3v) is 4.69. The second-order valence-electron chi connectivity index (χ2n) is 6.37. The lowest BCUT2D eigenvalue weighted by Crippen LogP contribution is -2.33. The summed E-state index contributed by atoms with van der Waals surface area (Å²) in [5, 5.41) is 16.9. The quantitative estimate of drug-likeness (QED) is 0.414. The van der Waals surface area contributed by atoms with Gasteiger partial charge in [0.2, 0.25) is 5.95 Å². The molecule has 1 fully saturated rings. The molecule has 3 rings (SSSR count). The number of hydrogen-bond acceptors (Lipinski definition) is 7. The number of nitro benzene ring substituents is 1. The fourth-order valence-electron chi connectivity index (χ4n) is 3.00. The number of hydrogen-bond donors (Lipinski definition) is 2. The maximum atomic E-state index is 12.4. The van der Waals surface area contributed by atoms with Crippen molar-refractivity contribution in [2.45, 2.75) is 19.3 Å². The summed E-state index contributed by atoms with van der Waals surface area (Å²) in [5.74, 6) is 0.0994. The van der Waals surface area contributed by atoms with E-state index in [0.717, 1.165) is 25.9 Å². The van der Waals surface area contributed by atoms with Crippen LogP contribution in [0.4, 0.5) is 17.3 Å². The van der Waals surface area contributed by atoms with Crippen LogP contribution in [0.1, 0.15) is 29.8 Å². The van der Waals surface area contributed by atoms with Gasteiger partial charge in [-0.05, 0) is 25.3 Å². The smallest absolute Gasteiger partial charge is 0.292 e. The molecule has 0 atom stereocenters. The molecule has 1 amide bonds. The second-order valence-corrected chi connectivity index (χ2v) is 6.78. The molecule has 2 aromatic rings. The number of para-hydroxylation sites is 2. The molecule has 2 heterocycles. The van der Waals surface area contributed by atoms with Gasteiger partial charge in [-0.3, -0.25) is 14.9 Å². The molecular weight excluding hydrogens is 384 g/mol. The van der Waals surface area contributed by atoms with Crippen LogP contribution in [0.15, 0.2) is 30.5 Å². The number of carbonyl (C=O) groups excluding carboxylic acids is 1. The number of rotatable bonds is 7. The molecule has 1 saturated heterocycles. The number of amides is 1. The Bertz CT molecular complexity index is 857. The minimum atomic E-state index is -0.455. The van der Waals surface area contributed by atoms with E-state index >= 15 is 0 Å². The highest BCUT2D eigenvalue weighted by Gasteiger charge is 2.19. The van der Waals surface area contributed by atoms with E-state index in [4.69, 9.17) is 11.6 Å². The summed E-state index contributed by atoms with van der Waals surface area (Å²) in [5.41, 5.74) is 0.510. The van der Waals surface area contributed by atoms with Gasteiger partial charge in [-0.25, -0.2) is 9.97 Å². The van der Waals surface area contributed by atoms with Crippen molar-refractivity contribution in [1.29, 1.82) is 0 Å². The van der Waals surface area contributed by atoms with Crippen LogP contribution in [0.5, 0.6) is 0 Å². The van der Waals surface area contributed by atoms with Crippen molar-refractivity contribution in [3.63, 3.8) is 0 Å². The molecule has 0 spiro atoms. The SMILES string of the molecule is O=C(NCCNc1ccccc1[N+](=O)[O-])c1nc(N2CCCCC2)ncc1Cl. The minimum absolute atomic E-state index is 0.0150. The molecule has 10 heteroatoms. The molecule has 0 saturated carbocycles. The van der Waals surface area contributed by atoms with E-state index in [1.165, 1.54) is 18.7 Å². The summed E-state index contributed by atoms with van der Waals surface area (Å²) in [6, 6.07) is 6.34. The van der Waals surface area contributed by atoms with Gasteiger partial charge in [-0.2, -0.15) is 0 Å². The van der Waals surface area contributed by atoms with Crippen molar-refractivity contribution >= 4 is 34.8 Å². The Morgan fingerprint density at radius 3 is 2.71 bits per heavy atom. The topological polar surface area (TPSA) is 113 Å². The lowest BCUT2D eigenvalue weighted by Gasteiger charge is -2.26. The average molecular weight is 405 g/mol. The maximum absolute atomic E-state index is 12.4. The fourth-order valence-corrected chi connectivity index (χ4v) is 3.18. The van der Waals surface area contributed by atoms with Gasteiger partial charge in [0.15, 0.2) is 5.69 Å². The number of nitrogens with one attached hydrogen (secondary N) is 2. The molecule has 28 heavy (non-hydrogen) atoms. The van der Waals surface area contributed by atoms with E-state index in [0.29, 0.717) is 18.2 Å². The normalized spacial score (nSPS) is 13.8. The summed E-state index contributed by atoms with van der Waals surface area (Å²) in [4.78, 5) is 33.6. The predicted octanol–water partition coefficient (Wildman–Crippen LogP) is 2.87. The highest BCUT2D eigenvalue weighted by molar-refractivity contribution is 6.33. The average Bonchev–Trinajstić information content (AvgIpc) is 2.72. The van der Waals surface area contributed by atoms with Crippen molar-refractivity contribution in [3.05, 3.63) is 51.3 Å². The fraction of sp³-hybridized carbons (Fsp3) is 0.389. The number of halogens is 1. The molecule has 0 bridgehead atoms. The van der Waals surface area contributed by atoms with Crippen LogP contribution in [0.2, 0.25) is 5.02 Å². The van der Waals surface area contributed by atoms with Gasteiger partial charge in [0, 0.05) is 32.2 Å². The van der Waals surface area contributed by atoms with Gasteiger partial charge in [-0.1, -0.05) is 23.7 Å². The Hall–Kier alpha value is -2.94. The number of piperidine rings is 1. The molecule has 1 aliphatic rings. The van der Waals surface area contributed by atoms with E-state index in [9.17, 15) is 14.9 Å². The van der Waals surface area contributed by atoms with Crippen LogP contribution in [0, 0.1) is 10.1 Å². The van der Waals surface area contributed by atoms with Crippen LogP contribution >= 0.6 is 11.6 Å². The van der Waals surface area contributed by atoms with Gasteiger partial charge in [-0.15, -0.1) is 0 Å². The van der Waals surface area contributed by atoms with Gasteiger partial charge in [0.05, 0.1) is 16.1 Å². The zero-order chi connectivity index (χ0) is 19.9. The monoisotopic (exact) mass is 404 g/mol. The van der Waals surface area contributed by atoms with Crippen LogP contribution in [0.3, 0.4) is 0 Å². The number of anilines is 2. The molecule has 1 aromatic carbocycles. The predicted molar refractivity (Wildman–Crippen MR) is 107 cm³/mol. The van der Waals surface area contributed by atoms with Crippen molar-refractivity contribution in [3.8, 4) is 0 Å². The number of carbonyl (C=O) groups is 1. The number of nitrogens with zero attached hydrogens (tertiary/aromatic N) is 4. The van der Waals surface area contributed by atoms with Crippen LogP contribution in [-0.4, -0.2) is 47.0 Å². The van der Waals surface area contributed by atoms with Gasteiger partial charge >= 0.3 is 0 Å². The lowest BCUT2D eigenvalue weighted by atomic mass is 10.1. The Labute approximate surface area is 167 Å². The highest BCUT2D eigenvalue weighted by Crippen LogP contribution is 2.23. The molecule has 0 aliphatic carbocycles. The Morgan fingerprint density at radius 2 is 1.96 bits per heavy atom. The first-order valence-electron chi connectivity index (χ1n) is 9.09. The molecule has 1 aliphatic heterocycles. The minimum Gasteiger partial charge on any atom is -0.378 e. The largest absolute Gasteiger partial charge is 0.378 e. The summed E-state index contributed by atoms with van der Waals surface area (Å²) >= 11 is 6.10. The van der Waals surface area contributed by atoms with E-state index in [2.05, 4.69) is 20.6 Å². The zero-order valence-corrected chi connectivity index (χ0v) is 16.0. The summed E-state index contributed by atoms with van der Waals surface area (Å²) in [6.45, 7) is 2.30. The molecule has 0 unspecified atom stereocenters. The van der Waals surface area contributed by atoms with Crippen molar-refractivity contribution in [2.75, 3.05) is 36.4 Å². The molecular formula is C18H21ClN6O3. The molecule has 0 radical (unpaired) electrons. The third kappa shape index (κ3) is 4.86. The van der Waals surface area contributed by atoms with E-state index < -0.39 is 10.8 Å². The lowest BCUT2D eigenvalue weighted by molar-refractivity contribution is -0.384. The maximum Gasteiger partial charge on any atom is 0.292 e. The van der Waals surface area contributed by atoms with Crippen molar-refractivity contribution < 1.29 is 9.72 Å². The first kappa shape index (κ1) is 19.8. The highest BCUT2D eigenvalue weighted by atomic mass is 35.5.